The highest BCUT2D eigenvalue weighted by Gasteiger charge is 2.20. The molecule has 3 aromatic rings. The number of nitrogens with one attached hydrogen (secondary N) is 1. The lowest BCUT2D eigenvalue weighted by Gasteiger charge is -2.17. The van der Waals surface area contributed by atoms with E-state index >= 15 is 0 Å². The van der Waals surface area contributed by atoms with Crippen LogP contribution >= 0.6 is 0 Å². The van der Waals surface area contributed by atoms with Crippen LogP contribution < -0.4 is 14.8 Å². The van der Waals surface area contributed by atoms with Crippen LogP contribution in [0.25, 0.3) is 5.69 Å². The SMILES string of the molecule is COCCOc1ccc(C(C)NC(=O)c2nnn(-c3cccc(C)c3)c2C)cc1OC. The second kappa shape index (κ2) is 10.1. The van der Waals surface area contributed by atoms with Gasteiger partial charge in [-0.15, -0.1) is 5.10 Å². The van der Waals surface area contributed by atoms with E-state index in [0.29, 0.717) is 36.1 Å². The fourth-order valence-electron chi connectivity index (χ4n) is 3.20. The molecular formula is C23H28N4O4. The minimum absolute atomic E-state index is 0.266. The number of rotatable bonds is 9. The molecule has 8 nitrogen and oxygen atoms in total. The van der Waals surface area contributed by atoms with E-state index in [9.17, 15) is 4.79 Å². The van der Waals surface area contributed by atoms with Crippen molar-refractivity contribution in [1.29, 1.82) is 0 Å². The zero-order valence-corrected chi connectivity index (χ0v) is 18.5. The first kappa shape index (κ1) is 22.3. The molecule has 2 aromatic carbocycles. The van der Waals surface area contributed by atoms with Crippen molar-refractivity contribution < 1.29 is 19.0 Å². The number of methoxy groups -OCH3 is 2. The van der Waals surface area contributed by atoms with Crippen LogP contribution in [-0.4, -0.2) is 48.3 Å². The lowest BCUT2D eigenvalue weighted by Crippen LogP contribution is -2.27. The quantitative estimate of drug-likeness (QED) is 0.530. The summed E-state index contributed by atoms with van der Waals surface area (Å²) in [6, 6.07) is 13.2. The molecule has 1 amide bonds. The summed E-state index contributed by atoms with van der Waals surface area (Å²) >= 11 is 0. The van der Waals surface area contributed by atoms with Crippen LogP contribution in [0.5, 0.6) is 11.5 Å². The van der Waals surface area contributed by atoms with Crippen LogP contribution in [-0.2, 0) is 4.74 Å². The number of amides is 1. The lowest BCUT2D eigenvalue weighted by atomic mass is 10.1. The summed E-state index contributed by atoms with van der Waals surface area (Å²) in [5.41, 5.74) is 3.82. The van der Waals surface area contributed by atoms with Gasteiger partial charge in [0.2, 0.25) is 0 Å². The summed E-state index contributed by atoms with van der Waals surface area (Å²) in [6.07, 6.45) is 0. The Labute approximate surface area is 182 Å². The summed E-state index contributed by atoms with van der Waals surface area (Å²) < 4.78 is 17.8. The van der Waals surface area contributed by atoms with E-state index in [1.54, 1.807) is 18.9 Å². The van der Waals surface area contributed by atoms with Gasteiger partial charge in [0.25, 0.3) is 5.91 Å². The van der Waals surface area contributed by atoms with E-state index in [1.165, 1.54) is 0 Å². The van der Waals surface area contributed by atoms with Gasteiger partial charge in [-0.2, -0.15) is 0 Å². The van der Waals surface area contributed by atoms with Gasteiger partial charge < -0.3 is 19.5 Å². The number of benzene rings is 2. The number of carbonyl (C=O) groups is 1. The molecule has 0 aliphatic heterocycles. The third kappa shape index (κ3) is 5.21. The highest BCUT2D eigenvalue weighted by Crippen LogP contribution is 2.30. The monoisotopic (exact) mass is 424 g/mol. The molecule has 1 aromatic heterocycles. The first-order chi connectivity index (χ1) is 14.9. The molecule has 0 spiro atoms. The van der Waals surface area contributed by atoms with Crippen molar-refractivity contribution >= 4 is 5.91 Å². The van der Waals surface area contributed by atoms with Crippen molar-refractivity contribution in [3.05, 3.63) is 65.0 Å². The molecule has 3 rings (SSSR count). The van der Waals surface area contributed by atoms with Gasteiger partial charge in [0.15, 0.2) is 17.2 Å². The summed E-state index contributed by atoms with van der Waals surface area (Å²) in [5.74, 6) is 0.929. The van der Waals surface area contributed by atoms with Gasteiger partial charge in [-0.1, -0.05) is 23.4 Å². The maximum absolute atomic E-state index is 12.9. The second-order valence-electron chi connectivity index (χ2n) is 7.22. The van der Waals surface area contributed by atoms with Gasteiger partial charge in [-0.3, -0.25) is 4.79 Å². The number of aromatic nitrogens is 3. The highest BCUT2D eigenvalue weighted by atomic mass is 16.5. The fraction of sp³-hybridized carbons (Fsp3) is 0.348. The predicted octanol–water partition coefficient (Wildman–Crippen LogP) is 3.41. The molecule has 0 aliphatic carbocycles. The van der Waals surface area contributed by atoms with Crippen molar-refractivity contribution in [2.45, 2.75) is 26.8 Å². The van der Waals surface area contributed by atoms with Crippen LogP contribution in [0, 0.1) is 13.8 Å². The molecule has 0 bridgehead atoms. The number of hydrogen-bond acceptors (Lipinski definition) is 6. The standard InChI is InChI=1S/C23H28N4O4/c1-15-7-6-8-19(13-15)27-17(3)22(25-26-27)23(28)24-16(2)18-9-10-20(21(14-18)30-5)31-12-11-29-4/h6-10,13-14,16H,11-12H2,1-5H3,(H,24,28). The molecule has 164 valence electrons. The molecular weight excluding hydrogens is 396 g/mol. The zero-order chi connectivity index (χ0) is 22.4. The molecule has 0 aliphatic rings. The maximum Gasteiger partial charge on any atom is 0.274 e. The van der Waals surface area contributed by atoms with Crippen molar-refractivity contribution in [2.24, 2.45) is 0 Å². The van der Waals surface area contributed by atoms with Gasteiger partial charge in [0.1, 0.15) is 6.61 Å². The molecule has 0 radical (unpaired) electrons. The van der Waals surface area contributed by atoms with Crippen LogP contribution in [0.4, 0.5) is 0 Å². The Hall–Kier alpha value is -3.39. The van der Waals surface area contributed by atoms with E-state index < -0.39 is 0 Å². The van der Waals surface area contributed by atoms with Crippen molar-refractivity contribution in [1.82, 2.24) is 20.3 Å². The smallest absolute Gasteiger partial charge is 0.274 e. The average molecular weight is 425 g/mol. The normalized spacial score (nSPS) is 11.8. The third-order valence-electron chi connectivity index (χ3n) is 4.94. The molecule has 1 N–H and O–H groups in total. The van der Waals surface area contributed by atoms with E-state index in [1.807, 2.05) is 63.2 Å². The summed E-state index contributed by atoms with van der Waals surface area (Å²) in [4.78, 5) is 12.9. The van der Waals surface area contributed by atoms with E-state index in [2.05, 4.69) is 15.6 Å². The Balaban J connectivity index is 1.73. The van der Waals surface area contributed by atoms with Gasteiger partial charge in [-0.25, -0.2) is 4.68 Å². The number of ether oxygens (including phenoxy) is 3. The van der Waals surface area contributed by atoms with Crippen molar-refractivity contribution in [3.63, 3.8) is 0 Å². The van der Waals surface area contributed by atoms with E-state index in [-0.39, 0.29) is 11.9 Å². The van der Waals surface area contributed by atoms with Crippen LogP contribution in [0.3, 0.4) is 0 Å². The topological polar surface area (TPSA) is 87.5 Å². The predicted molar refractivity (Wildman–Crippen MR) is 117 cm³/mol. The summed E-state index contributed by atoms with van der Waals surface area (Å²) in [7, 11) is 3.20. The van der Waals surface area contributed by atoms with Crippen molar-refractivity contribution in [3.8, 4) is 17.2 Å². The summed E-state index contributed by atoms with van der Waals surface area (Å²) in [5, 5.41) is 11.2. The first-order valence-corrected chi connectivity index (χ1v) is 10.0. The Morgan fingerprint density at radius 3 is 2.61 bits per heavy atom. The summed E-state index contributed by atoms with van der Waals surface area (Å²) in [6.45, 7) is 6.65. The molecule has 1 atom stereocenters. The van der Waals surface area contributed by atoms with E-state index in [4.69, 9.17) is 14.2 Å². The van der Waals surface area contributed by atoms with Gasteiger partial charge in [-0.05, 0) is 56.2 Å². The first-order valence-electron chi connectivity index (χ1n) is 10.0. The van der Waals surface area contributed by atoms with Gasteiger partial charge >= 0.3 is 0 Å². The second-order valence-corrected chi connectivity index (χ2v) is 7.22. The number of carbonyl (C=O) groups excluding carboxylic acids is 1. The fourth-order valence-corrected chi connectivity index (χ4v) is 3.20. The van der Waals surface area contributed by atoms with E-state index in [0.717, 1.165) is 16.8 Å². The van der Waals surface area contributed by atoms with Gasteiger partial charge in [0, 0.05) is 7.11 Å². The Kier molecular flexibility index (Phi) is 7.25. The Bertz CT molecular complexity index is 1050. The molecule has 1 heterocycles. The molecule has 0 saturated heterocycles. The number of aryl methyl sites for hydroxylation is 1. The minimum Gasteiger partial charge on any atom is -0.493 e. The largest absolute Gasteiger partial charge is 0.493 e. The lowest BCUT2D eigenvalue weighted by molar-refractivity contribution is 0.0934. The maximum atomic E-state index is 12.9. The molecule has 1 unspecified atom stereocenters. The highest BCUT2D eigenvalue weighted by molar-refractivity contribution is 5.93. The average Bonchev–Trinajstić information content (AvgIpc) is 3.15. The number of nitrogens with zero attached hydrogens (tertiary/aromatic N) is 3. The zero-order valence-electron chi connectivity index (χ0n) is 18.5. The Morgan fingerprint density at radius 2 is 1.90 bits per heavy atom. The molecule has 0 saturated carbocycles. The molecule has 8 heteroatoms. The van der Waals surface area contributed by atoms with Crippen LogP contribution in [0.15, 0.2) is 42.5 Å². The molecule has 31 heavy (non-hydrogen) atoms. The van der Waals surface area contributed by atoms with Crippen molar-refractivity contribution in [2.75, 3.05) is 27.4 Å². The Morgan fingerprint density at radius 1 is 1.10 bits per heavy atom. The molecule has 0 fully saturated rings. The van der Waals surface area contributed by atoms with Crippen LogP contribution in [0.2, 0.25) is 0 Å². The third-order valence-corrected chi connectivity index (χ3v) is 4.94. The van der Waals surface area contributed by atoms with Gasteiger partial charge in [0.05, 0.1) is 31.1 Å². The number of hydrogen-bond donors (Lipinski definition) is 1. The van der Waals surface area contributed by atoms with Crippen LogP contribution in [0.1, 0.15) is 40.3 Å². The minimum atomic E-state index is -0.289.